The van der Waals surface area contributed by atoms with Gasteiger partial charge in [0.05, 0.1) is 0 Å². The van der Waals surface area contributed by atoms with E-state index >= 15 is 0 Å². The third-order valence-electron chi connectivity index (χ3n) is 2.97. The van der Waals surface area contributed by atoms with Gasteiger partial charge in [-0.25, -0.2) is 0 Å². The Morgan fingerprint density at radius 3 is 1.47 bits per heavy atom. The van der Waals surface area contributed by atoms with Gasteiger partial charge in [0.2, 0.25) is 0 Å². The summed E-state index contributed by atoms with van der Waals surface area (Å²) in [6, 6.07) is 20.6. The molecule has 6 heteroatoms. The lowest BCUT2D eigenvalue weighted by molar-refractivity contribution is 0.831. The van der Waals surface area contributed by atoms with Gasteiger partial charge in [-0.05, 0) is 31.3 Å². The first-order valence-electron chi connectivity index (χ1n) is 6.26. The highest BCUT2D eigenvalue weighted by molar-refractivity contribution is 6.80. The minimum absolute atomic E-state index is 1.14. The molecule has 0 unspecified atom stereocenters. The van der Waals surface area contributed by atoms with Crippen LogP contribution >= 0.6 is 0 Å². The van der Waals surface area contributed by atoms with E-state index in [2.05, 4.69) is 56.4 Å². The van der Waals surface area contributed by atoms with Crippen LogP contribution in [0.3, 0.4) is 0 Å². The van der Waals surface area contributed by atoms with Crippen LogP contribution in [-0.4, -0.2) is 34.4 Å². The number of benzene rings is 2. The van der Waals surface area contributed by atoms with Crippen LogP contribution < -0.4 is 9.44 Å². The minimum atomic E-state index is 1.14. The Morgan fingerprint density at radius 2 is 1.05 bits per heavy atom. The molecule has 0 N–H and O–H groups in total. The number of hydrogen-bond acceptors (Lipinski definition) is 3. The number of anilines is 2. The lowest BCUT2D eigenvalue weighted by Gasteiger charge is -2.40. The van der Waals surface area contributed by atoms with Crippen molar-refractivity contribution in [1.82, 2.24) is 4.72 Å². The van der Waals surface area contributed by atoms with E-state index in [1.165, 1.54) is 0 Å². The van der Waals surface area contributed by atoms with Crippen LogP contribution in [0.15, 0.2) is 60.7 Å². The fourth-order valence-electron chi connectivity index (χ4n) is 2.08. The second-order valence-electron chi connectivity index (χ2n) is 4.50. The van der Waals surface area contributed by atoms with Crippen LogP contribution in [-0.2, 0) is 0 Å². The molecular formula is C13H13B3N3. The van der Waals surface area contributed by atoms with Crippen LogP contribution in [0.4, 0.5) is 11.4 Å². The molecule has 0 saturated carbocycles. The quantitative estimate of drug-likeness (QED) is 0.741. The van der Waals surface area contributed by atoms with E-state index in [9.17, 15) is 0 Å². The number of hydrogen-bond donors (Lipinski definition) is 0. The second kappa shape index (κ2) is 5.45. The monoisotopic (exact) mass is 244 g/mol. The predicted octanol–water partition coefficient (Wildman–Crippen LogP) is 1.55. The largest absolute Gasteiger partial charge is 0.436 e. The molecule has 0 bridgehead atoms. The summed E-state index contributed by atoms with van der Waals surface area (Å²) < 4.78 is 6.25. The van der Waals surface area contributed by atoms with E-state index in [-0.39, 0.29) is 0 Å². The van der Waals surface area contributed by atoms with Crippen LogP contribution in [0.5, 0.6) is 0 Å². The van der Waals surface area contributed by atoms with Crippen molar-refractivity contribution in [2.24, 2.45) is 0 Å². The number of rotatable bonds is 2. The van der Waals surface area contributed by atoms with Gasteiger partial charge in [0.1, 0.15) is 0 Å². The topological polar surface area (TPSA) is 9.72 Å². The molecule has 0 amide bonds. The highest BCUT2D eigenvalue weighted by atomic mass is 15.3. The fourth-order valence-corrected chi connectivity index (χ4v) is 2.08. The Balaban J connectivity index is 1.82. The molecule has 0 spiro atoms. The molecule has 3 rings (SSSR count). The maximum Gasteiger partial charge on any atom is 0.364 e. The van der Waals surface area contributed by atoms with Crippen molar-refractivity contribution in [3.63, 3.8) is 0 Å². The molecule has 0 aromatic heterocycles. The molecule has 2 aromatic rings. The van der Waals surface area contributed by atoms with Crippen LogP contribution in [0, 0.1) is 0 Å². The summed E-state index contributed by atoms with van der Waals surface area (Å²) in [6.45, 7) is 0. The zero-order valence-electron chi connectivity index (χ0n) is 10.8. The van der Waals surface area contributed by atoms with Crippen molar-refractivity contribution in [2.45, 2.75) is 0 Å². The second-order valence-corrected chi connectivity index (χ2v) is 4.50. The molecular weight excluding hydrogens is 231 g/mol. The molecule has 1 aliphatic rings. The predicted molar refractivity (Wildman–Crippen MR) is 82.9 cm³/mol. The minimum Gasteiger partial charge on any atom is -0.436 e. The average Bonchev–Trinajstić information content (AvgIpc) is 2.48. The van der Waals surface area contributed by atoms with Crippen LogP contribution in [0.25, 0.3) is 0 Å². The summed E-state index contributed by atoms with van der Waals surface area (Å²) in [7, 11) is 8.20. The van der Waals surface area contributed by atoms with Gasteiger partial charge in [0.15, 0.2) is 0 Å². The third-order valence-corrected chi connectivity index (χ3v) is 2.97. The Labute approximate surface area is 116 Å². The smallest absolute Gasteiger partial charge is 0.364 e. The first-order chi connectivity index (χ1) is 9.33. The van der Waals surface area contributed by atoms with E-state index in [1.54, 1.807) is 0 Å². The summed E-state index contributed by atoms with van der Waals surface area (Å²) in [5, 5.41) is 0. The van der Waals surface area contributed by atoms with Gasteiger partial charge in [0, 0.05) is 11.4 Å². The highest BCUT2D eigenvalue weighted by Crippen LogP contribution is 2.18. The van der Waals surface area contributed by atoms with Gasteiger partial charge in [-0.15, -0.1) is 0 Å². The summed E-state index contributed by atoms with van der Waals surface area (Å²) in [4.78, 5) is 0. The molecule has 1 saturated heterocycles. The van der Waals surface area contributed by atoms with E-state index in [0.717, 1.165) is 11.4 Å². The van der Waals surface area contributed by atoms with E-state index in [0.29, 0.717) is 0 Å². The molecule has 1 aliphatic heterocycles. The zero-order chi connectivity index (χ0) is 13.1. The van der Waals surface area contributed by atoms with Crippen LogP contribution in [0.1, 0.15) is 0 Å². The molecule has 3 nitrogen and oxygen atoms in total. The van der Waals surface area contributed by atoms with Gasteiger partial charge in [-0.1, -0.05) is 36.4 Å². The Morgan fingerprint density at radius 1 is 0.632 bits per heavy atom. The first-order valence-corrected chi connectivity index (χ1v) is 6.26. The van der Waals surface area contributed by atoms with Crippen LogP contribution in [0.2, 0.25) is 0 Å². The fraction of sp³-hybridized carbons (Fsp3) is 0.0769. The van der Waals surface area contributed by atoms with E-state index in [4.69, 9.17) is 0 Å². The highest BCUT2D eigenvalue weighted by Gasteiger charge is 2.27. The number of nitrogens with zero attached hydrogens (tertiary/aromatic N) is 3. The van der Waals surface area contributed by atoms with Gasteiger partial charge in [0.25, 0.3) is 0 Å². The Bertz CT molecular complexity index is 476. The summed E-state index contributed by atoms with van der Waals surface area (Å²) in [5.41, 5.74) is 2.28. The van der Waals surface area contributed by atoms with Crippen molar-refractivity contribution in [1.29, 1.82) is 0 Å². The molecule has 0 atom stereocenters. The molecule has 1 fully saturated rings. The maximum absolute atomic E-state index is 2.10. The molecule has 2 aromatic carbocycles. The Hall–Kier alpha value is -1.81. The molecule has 1 heterocycles. The zero-order valence-corrected chi connectivity index (χ0v) is 10.8. The summed E-state index contributed by atoms with van der Waals surface area (Å²) in [5.74, 6) is 0. The first kappa shape index (κ1) is 12.2. The third kappa shape index (κ3) is 2.79. The van der Waals surface area contributed by atoms with Crippen molar-refractivity contribution in [2.75, 3.05) is 16.5 Å². The lowest BCUT2D eigenvalue weighted by atomic mass is 9.73. The van der Waals surface area contributed by atoms with Crippen molar-refractivity contribution in [3.05, 3.63) is 60.7 Å². The van der Waals surface area contributed by atoms with Gasteiger partial charge in [-0.3, -0.25) is 0 Å². The molecule has 89 valence electrons. The van der Waals surface area contributed by atoms with Crippen molar-refractivity contribution < 1.29 is 0 Å². The SMILES string of the molecule is CN1[B]N(c2ccccc2)[B]N(c2ccccc2)[B]1. The lowest BCUT2D eigenvalue weighted by Crippen LogP contribution is -2.60. The van der Waals surface area contributed by atoms with Gasteiger partial charge < -0.3 is 14.2 Å². The average molecular weight is 244 g/mol. The normalized spacial score (nSPS) is 15.4. The van der Waals surface area contributed by atoms with Gasteiger partial charge >= 0.3 is 22.6 Å². The molecule has 0 aliphatic carbocycles. The molecule has 19 heavy (non-hydrogen) atoms. The number of para-hydroxylation sites is 2. The van der Waals surface area contributed by atoms with E-state index in [1.807, 2.05) is 48.2 Å². The standard InChI is InChI=1S/C13H13B3N3/c1-17-14-18(12-8-4-2-5-9-12)16-19(15-17)13-10-6-3-7-11-13/h2-11H,1H3. The Kier molecular flexibility index (Phi) is 3.51. The van der Waals surface area contributed by atoms with Crippen molar-refractivity contribution in [3.8, 4) is 0 Å². The maximum atomic E-state index is 2.10. The molecule has 3 radical (unpaired) electrons. The van der Waals surface area contributed by atoms with E-state index < -0.39 is 0 Å². The van der Waals surface area contributed by atoms with Gasteiger partial charge in [-0.2, -0.15) is 0 Å². The van der Waals surface area contributed by atoms with Crippen molar-refractivity contribution >= 4 is 34.0 Å². The summed E-state index contributed by atoms with van der Waals surface area (Å²) >= 11 is 0. The summed E-state index contributed by atoms with van der Waals surface area (Å²) in [6.07, 6.45) is 0.